The number of hydrogen-bond acceptors (Lipinski definition) is 4. The normalized spacial score (nSPS) is 11.2. The minimum Gasteiger partial charge on any atom is -0.469 e. The van der Waals surface area contributed by atoms with Gasteiger partial charge in [0.15, 0.2) is 0 Å². The molecule has 2 aromatic carbocycles. The van der Waals surface area contributed by atoms with Crippen molar-refractivity contribution in [3.8, 4) is 0 Å². The molecule has 146 valence electrons. The van der Waals surface area contributed by atoms with E-state index in [0.29, 0.717) is 17.8 Å². The van der Waals surface area contributed by atoms with Crippen LogP contribution < -0.4 is 10.0 Å². The summed E-state index contributed by atoms with van der Waals surface area (Å²) in [6.45, 7) is 2.35. The quantitative estimate of drug-likeness (QED) is 0.566. The highest BCUT2D eigenvalue weighted by Gasteiger charge is 2.16. The number of sulfonamides is 1. The number of furan rings is 1. The maximum atomic E-state index is 12.6. The number of aryl methyl sites for hydroxylation is 2. The zero-order valence-electron chi connectivity index (χ0n) is 15.5. The van der Waals surface area contributed by atoms with Gasteiger partial charge in [0.25, 0.3) is 15.9 Å². The number of amides is 1. The number of anilines is 1. The van der Waals surface area contributed by atoms with E-state index in [0.717, 1.165) is 24.2 Å². The van der Waals surface area contributed by atoms with Crippen LogP contribution in [0.1, 0.15) is 28.1 Å². The van der Waals surface area contributed by atoms with Gasteiger partial charge in [-0.1, -0.05) is 18.2 Å². The van der Waals surface area contributed by atoms with Crippen molar-refractivity contribution in [2.24, 2.45) is 0 Å². The van der Waals surface area contributed by atoms with Crippen LogP contribution in [0.5, 0.6) is 0 Å². The molecule has 0 aliphatic carbocycles. The number of nitrogens with one attached hydrogen (secondary N) is 2. The Hall–Kier alpha value is -3.06. The summed E-state index contributed by atoms with van der Waals surface area (Å²) in [7, 11) is -3.78. The highest BCUT2D eigenvalue weighted by Crippen LogP contribution is 2.18. The average Bonchev–Trinajstić information content (AvgIpc) is 3.18. The van der Waals surface area contributed by atoms with Gasteiger partial charge in [0, 0.05) is 24.2 Å². The second-order valence-corrected chi connectivity index (χ2v) is 8.12. The van der Waals surface area contributed by atoms with Gasteiger partial charge in [0.05, 0.1) is 11.2 Å². The summed E-state index contributed by atoms with van der Waals surface area (Å²) in [6, 6.07) is 16.8. The molecule has 7 heteroatoms. The lowest BCUT2D eigenvalue weighted by molar-refractivity contribution is 0.0953. The van der Waals surface area contributed by atoms with Crippen LogP contribution in [-0.4, -0.2) is 20.9 Å². The van der Waals surface area contributed by atoms with Crippen LogP contribution in [-0.2, 0) is 16.4 Å². The highest BCUT2D eigenvalue weighted by atomic mass is 32.2. The fourth-order valence-corrected chi connectivity index (χ4v) is 3.84. The maximum absolute atomic E-state index is 12.6. The van der Waals surface area contributed by atoms with Gasteiger partial charge < -0.3 is 9.73 Å². The molecule has 0 aliphatic rings. The van der Waals surface area contributed by atoms with E-state index < -0.39 is 10.0 Å². The smallest absolute Gasteiger partial charge is 0.261 e. The Bertz CT molecular complexity index is 1040. The van der Waals surface area contributed by atoms with Gasteiger partial charge in [-0.05, 0) is 61.4 Å². The topological polar surface area (TPSA) is 88.4 Å². The molecule has 0 saturated carbocycles. The number of carbonyl (C=O) groups excluding carboxylic acids is 1. The first kappa shape index (κ1) is 19.7. The predicted octanol–water partition coefficient (Wildman–Crippen LogP) is 3.75. The van der Waals surface area contributed by atoms with Crippen molar-refractivity contribution in [3.63, 3.8) is 0 Å². The Labute approximate surface area is 164 Å². The molecule has 1 amide bonds. The lowest BCUT2D eigenvalue weighted by atomic mass is 10.2. The Morgan fingerprint density at radius 1 is 1.04 bits per heavy atom. The molecule has 0 bridgehead atoms. The molecule has 0 fully saturated rings. The zero-order chi connectivity index (χ0) is 20.0. The Kier molecular flexibility index (Phi) is 6.16. The van der Waals surface area contributed by atoms with E-state index in [2.05, 4.69) is 10.0 Å². The average molecular weight is 398 g/mol. The maximum Gasteiger partial charge on any atom is 0.261 e. The molecule has 0 atom stereocenters. The SMILES string of the molecule is Cc1cccc(NS(=O)(=O)c2cccc(C(=O)NCCCc3ccco3)c2)c1. The molecule has 0 saturated heterocycles. The lowest BCUT2D eigenvalue weighted by Gasteiger charge is -2.10. The number of rotatable bonds is 8. The first-order valence-corrected chi connectivity index (χ1v) is 10.4. The van der Waals surface area contributed by atoms with Crippen molar-refractivity contribution < 1.29 is 17.6 Å². The number of hydrogen-bond donors (Lipinski definition) is 2. The van der Waals surface area contributed by atoms with E-state index >= 15 is 0 Å². The van der Waals surface area contributed by atoms with Gasteiger partial charge >= 0.3 is 0 Å². The molecule has 3 aromatic rings. The first-order chi connectivity index (χ1) is 13.4. The van der Waals surface area contributed by atoms with Crippen LogP contribution in [0.15, 0.2) is 76.2 Å². The Morgan fingerprint density at radius 2 is 1.86 bits per heavy atom. The lowest BCUT2D eigenvalue weighted by Crippen LogP contribution is -2.25. The number of carbonyl (C=O) groups is 1. The van der Waals surface area contributed by atoms with Crippen LogP contribution in [0.4, 0.5) is 5.69 Å². The molecular formula is C21H22N2O4S. The molecule has 0 unspecified atom stereocenters. The molecule has 28 heavy (non-hydrogen) atoms. The predicted molar refractivity (Wildman–Crippen MR) is 108 cm³/mol. The summed E-state index contributed by atoms with van der Waals surface area (Å²) < 4.78 is 33.0. The van der Waals surface area contributed by atoms with Gasteiger partial charge in [-0.15, -0.1) is 0 Å². The van der Waals surface area contributed by atoms with Crippen LogP contribution in [0, 0.1) is 6.92 Å². The van der Waals surface area contributed by atoms with Crippen LogP contribution in [0.25, 0.3) is 0 Å². The third-order valence-corrected chi connectivity index (χ3v) is 5.52. The van der Waals surface area contributed by atoms with Gasteiger partial charge in [-0.25, -0.2) is 8.42 Å². The molecule has 0 radical (unpaired) electrons. The summed E-state index contributed by atoms with van der Waals surface area (Å²) in [5.74, 6) is 0.552. The largest absolute Gasteiger partial charge is 0.469 e. The first-order valence-electron chi connectivity index (χ1n) is 8.94. The van der Waals surface area contributed by atoms with Gasteiger partial charge in [0.1, 0.15) is 5.76 Å². The van der Waals surface area contributed by atoms with E-state index in [9.17, 15) is 13.2 Å². The van der Waals surface area contributed by atoms with E-state index in [-0.39, 0.29) is 10.8 Å². The summed E-state index contributed by atoms with van der Waals surface area (Å²) in [5.41, 5.74) is 1.72. The molecule has 1 heterocycles. The fraction of sp³-hybridized carbons (Fsp3) is 0.190. The van der Waals surface area contributed by atoms with E-state index in [1.807, 2.05) is 25.1 Å². The van der Waals surface area contributed by atoms with Gasteiger partial charge in [-0.3, -0.25) is 9.52 Å². The second-order valence-electron chi connectivity index (χ2n) is 6.44. The third kappa shape index (κ3) is 5.23. The van der Waals surface area contributed by atoms with Crippen molar-refractivity contribution in [1.29, 1.82) is 0 Å². The van der Waals surface area contributed by atoms with Crippen molar-refractivity contribution in [1.82, 2.24) is 5.32 Å². The Balaban J connectivity index is 1.62. The summed E-state index contributed by atoms with van der Waals surface area (Å²) in [4.78, 5) is 12.4. The van der Waals surface area contributed by atoms with E-state index in [1.54, 1.807) is 36.6 Å². The fourth-order valence-electron chi connectivity index (χ4n) is 2.75. The Morgan fingerprint density at radius 3 is 2.61 bits per heavy atom. The second kappa shape index (κ2) is 8.75. The molecule has 2 N–H and O–H groups in total. The van der Waals surface area contributed by atoms with Crippen LogP contribution >= 0.6 is 0 Å². The summed E-state index contributed by atoms with van der Waals surface area (Å²) in [5, 5.41) is 2.80. The molecular weight excluding hydrogens is 376 g/mol. The zero-order valence-corrected chi connectivity index (χ0v) is 16.3. The van der Waals surface area contributed by atoms with E-state index in [4.69, 9.17) is 4.42 Å². The minimum atomic E-state index is -3.78. The summed E-state index contributed by atoms with van der Waals surface area (Å²) >= 11 is 0. The van der Waals surface area contributed by atoms with Crippen LogP contribution in [0.3, 0.4) is 0 Å². The molecule has 6 nitrogen and oxygen atoms in total. The van der Waals surface area contributed by atoms with Gasteiger partial charge in [-0.2, -0.15) is 0 Å². The number of benzene rings is 2. The van der Waals surface area contributed by atoms with Crippen molar-refractivity contribution >= 4 is 21.6 Å². The summed E-state index contributed by atoms with van der Waals surface area (Å²) in [6.07, 6.45) is 3.07. The van der Waals surface area contributed by atoms with Gasteiger partial charge in [0.2, 0.25) is 0 Å². The van der Waals surface area contributed by atoms with Crippen molar-refractivity contribution in [2.45, 2.75) is 24.7 Å². The monoisotopic (exact) mass is 398 g/mol. The molecule has 0 spiro atoms. The van der Waals surface area contributed by atoms with E-state index in [1.165, 1.54) is 12.1 Å². The highest BCUT2D eigenvalue weighted by molar-refractivity contribution is 7.92. The third-order valence-electron chi connectivity index (χ3n) is 4.14. The van der Waals surface area contributed by atoms with Crippen molar-refractivity contribution in [2.75, 3.05) is 11.3 Å². The van der Waals surface area contributed by atoms with Crippen LogP contribution in [0.2, 0.25) is 0 Å². The molecule has 3 rings (SSSR count). The van der Waals surface area contributed by atoms with Crippen molar-refractivity contribution in [3.05, 3.63) is 83.8 Å². The minimum absolute atomic E-state index is 0.0391. The molecule has 0 aliphatic heterocycles. The standard InChI is InChI=1S/C21H22N2O4S/c1-16-6-2-8-18(14-16)23-28(25,26)20-11-3-7-17(15-20)21(24)22-12-4-9-19-10-5-13-27-19/h2-3,5-8,10-11,13-15,23H,4,9,12H2,1H3,(H,22,24). The molecule has 1 aromatic heterocycles.